The van der Waals surface area contributed by atoms with Crippen LogP contribution in [0, 0.1) is 29.8 Å². The first-order valence-electron chi connectivity index (χ1n) is 11.1. The summed E-state index contributed by atoms with van der Waals surface area (Å²) in [5, 5.41) is 3.12. The van der Waals surface area contributed by atoms with E-state index in [0.29, 0.717) is 0 Å². The van der Waals surface area contributed by atoms with Crippen LogP contribution in [0.2, 0.25) is 0 Å². The van der Waals surface area contributed by atoms with Crippen LogP contribution in [0.15, 0.2) is 64.2 Å². The lowest BCUT2D eigenvalue weighted by Crippen LogP contribution is -2.38. The molecule has 4 rings (SSSR count). The van der Waals surface area contributed by atoms with Gasteiger partial charge in [-0.05, 0) is 42.8 Å². The molecule has 0 saturated heterocycles. The predicted octanol–water partition coefficient (Wildman–Crippen LogP) is 4.47. The predicted molar refractivity (Wildman–Crippen MR) is 129 cm³/mol. The third-order valence-corrected chi connectivity index (χ3v) is 6.15. The Kier molecular flexibility index (Phi) is 6.46. The molecule has 1 aliphatic carbocycles. The van der Waals surface area contributed by atoms with Gasteiger partial charge in [-0.3, -0.25) is 9.59 Å². The molecule has 0 spiro atoms. The Bertz CT molecular complexity index is 1510. The van der Waals surface area contributed by atoms with Crippen LogP contribution in [0.25, 0.3) is 5.57 Å². The lowest BCUT2D eigenvalue weighted by molar-refractivity contribution is 0.423. The minimum atomic E-state index is -1.58. The highest BCUT2D eigenvalue weighted by atomic mass is 19.2. The number of halogens is 4. The van der Waals surface area contributed by atoms with Crippen LogP contribution in [0.3, 0.4) is 0 Å². The fraction of sp³-hybridized carbons (Fsp3) is 0.269. The summed E-state index contributed by atoms with van der Waals surface area (Å²) in [5.41, 5.74) is -1.06. The van der Waals surface area contributed by atoms with E-state index in [1.165, 1.54) is 34.4 Å². The topological polar surface area (TPSA) is 68.9 Å². The average Bonchev–Trinajstić information content (AvgIpc) is 2.79. The van der Waals surface area contributed by atoms with Gasteiger partial charge in [0.05, 0.1) is 12.6 Å². The molecule has 1 aliphatic rings. The summed E-state index contributed by atoms with van der Waals surface area (Å²) in [6.45, 7) is 4.94. The van der Waals surface area contributed by atoms with E-state index < -0.39 is 40.3 Å². The highest BCUT2D eigenvalue weighted by Gasteiger charge is 2.34. The fourth-order valence-electron chi connectivity index (χ4n) is 4.07. The third kappa shape index (κ3) is 4.75. The van der Waals surface area contributed by atoms with Crippen LogP contribution in [0.4, 0.5) is 23.5 Å². The average molecular weight is 500 g/mol. The molecule has 2 heterocycles. The van der Waals surface area contributed by atoms with E-state index in [4.69, 9.17) is 0 Å². The molecule has 0 saturated carbocycles. The summed E-state index contributed by atoms with van der Waals surface area (Å²) >= 11 is 0. The van der Waals surface area contributed by atoms with E-state index in [1.54, 1.807) is 39.2 Å². The second-order valence-electron chi connectivity index (χ2n) is 9.41. The molecular formula is C26H24F4N4O2. The molecule has 6 nitrogen and oxygen atoms in total. The van der Waals surface area contributed by atoms with Crippen molar-refractivity contribution in [3.8, 4) is 0 Å². The second kappa shape index (κ2) is 9.25. The van der Waals surface area contributed by atoms with Crippen molar-refractivity contribution in [3.63, 3.8) is 0 Å². The van der Waals surface area contributed by atoms with Gasteiger partial charge in [0.15, 0.2) is 17.5 Å². The molecule has 1 aromatic carbocycles. The summed E-state index contributed by atoms with van der Waals surface area (Å²) in [4.78, 5) is 29.0. The van der Waals surface area contributed by atoms with Crippen LogP contribution < -0.4 is 16.4 Å². The molecule has 188 valence electrons. The molecule has 1 atom stereocenters. The van der Waals surface area contributed by atoms with E-state index in [-0.39, 0.29) is 40.3 Å². The first-order valence-corrected chi connectivity index (χ1v) is 11.1. The van der Waals surface area contributed by atoms with Gasteiger partial charge in [-0.1, -0.05) is 19.9 Å². The van der Waals surface area contributed by atoms with Crippen molar-refractivity contribution in [2.45, 2.75) is 33.4 Å². The maximum absolute atomic E-state index is 15.1. The zero-order valence-electron chi connectivity index (χ0n) is 20.1. The van der Waals surface area contributed by atoms with Crippen molar-refractivity contribution >= 4 is 11.5 Å². The number of hydrogen-bond acceptors (Lipinski definition) is 4. The molecule has 36 heavy (non-hydrogen) atoms. The normalized spacial score (nSPS) is 16.9. The number of anilines is 1. The number of hydrogen-bond donors (Lipinski definition) is 1. The van der Waals surface area contributed by atoms with Gasteiger partial charge in [0, 0.05) is 41.6 Å². The highest BCUT2D eigenvalue weighted by Crippen LogP contribution is 2.38. The van der Waals surface area contributed by atoms with Crippen molar-refractivity contribution in [1.29, 1.82) is 0 Å². The molecule has 1 N–H and O–H groups in total. The summed E-state index contributed by atoms with van der Waals surface area (Å²) < 4.78 is 58.9. The van der Waals surface area contributed by atoms with Crippen LogP contribution >= 0.6 is 0 Å². The van der Waals surface area contributed by atoms with Gasteiger partial charge in [0.1, 0.15) is 5.83 Å². The van der Waals surface area contributed by atoms with Gasteiger partial charge >= 0.3 is 0 Å². The summed E-state index contributed by atoms with van der Waals surface area (Å²) in [6.07, 6.45) is 5.96. The van der Waals surface area contributed by atoms with Crippen molar-refractivity contribution in [3.05, 3.63) is 109 Å². The largest absolute Gasteiger partial charge is 0.348 e. The number of nitrogens with zero attached hydrogens (tertiary/aromatic N) is 3. The van der Waals surface area contributed by atoms with E-state index in [9.17, 15) is 22.8 Å². The minimum Gasteiger partial charge on any atom is -0.348 e. The van der Waals surface area contributed by atoms with Crippen LogP contribution in [-0.4, -0.2) is 20.2 Å². The first kappa shape index (κ1) is 25.2. The van der Waals surface area contributed by atoms with Crippen LogP contribution in [0.1, 0.15) is 30.5 Å². The standard InChI is InChI=1S/C26H24F4N4O2/c1-14-12-34(13-15-8-18(27)22(30)19(28)9-15)25(32-23(14)35)31-21-10-17(20(29)11-26(21,2)3)16-6-5-7-33(4)24(16)36/h5-12,21H,13H2,1-4H3,(H,31,32,35). The molecule has 0 fully saturated rings. The van der Waals surface area contributed by atoms with E-state index in [0.717, 1.165) is 12.1 Å². The van der Waals surface area contributed by atoms with Gasteiger partial charge in [0.2, 0.25) is 5.95 Å². The third-order valence-electron chi connectivity index (χ3n) is 6.15. The number of rotatable bonds is 5. The van der Waals surface area contributed by atoms with Crippen molar-refractivity contribution < 1.29 is 17.6 Å². The van der Waals surface area contributed by atoms with Crippen molar-refractivity contribution in [1.82, 2.24) is 14.1 Å². The Balaban J connectivity index is 1.77. The molecule has 10 heteroatoms. The maximum Gasteiger partial charge on any atom is 0.277 e. The number of aryl methyl sites for hydroxylation is 2. The maximum atomic E-state index is 15.1. The minimum absolute atomic E-state index is 0.0566. The Morgan fingerprint density at radius 3 is 2.44 bits per heavy atom. The summed E-state index contributed by atoms with van der Waals surface area (Å²) in [6, 6.07) is 4.25. The van der Waals surface area contributed by atoms with Crippen LogP contribution in [-0.2, 0) is 13.6 Å². The molecule has 2 aromatic heterocycles. The summed E-state index contributed by atoms with van der Waals surface area (Å²) in [5.74, 6) is -4.75. The van der Waals surface area contributed by atoms with E-state index in [1.807, 2.05) is 0 Å². The van der Waals surface area contributed by atoms with Crippen molar-refractivity contribution in [2.75, 3.05) is 5.32 Å². The highest BCUT2D eigenvalue weighted by molar-refractivity contribution is 5.79. The molecule has 0 aliphatic heterocycles. The molecular weight excluding hydrogens is 476 g/mol. The quantitative estimate of drug-likeness (QED) is 0.415. The molecule has 1 unspecified atom stereocenters. The van der Waals surface area contributed by atoms with E-state index >= 15 is 4.39 Å². The lowest BCUT2D eigenvalue weighted by atomic mass is 9.78. The Morgan fingerprint density at radius 1 is 1.11 bits per heavy atom. The van der Waals surface area contributed by atoms with Gasteiger partial charge in [-0.2, -0.15) is 4.98 Å². The number of allylic oxidation sites excluding steroid dienone is 2. The first-order chi connectivity index (χ1) is 16.9. The number of pyridine rings is 1. The van der Waals surface area contributed by atoms with Gasteiger partial charge in [0.25, 0.3) is 11.1 Å². The number of nitrogens with one attached hydrogen (secondary N) is 1. The molecule has 0 bridgehead atoms. The second-order valence-corrected chi connectivity index (χ2v) is 9.41. The van der Waals surface area contributed by atoms with Gasteiger partial charge in [-0.25, -0.2) is 17.6 Å². The SMILES string of the molecule is Cc1cn(Cc2cc(F)c(F)c(F)c2)c(NC2C=C(c3cccn(C)c3=O)C(F)=CC2(C)C)nc1=O. The number of benzene rings is 1. The smallest absolute Gasteiger partial charge is 0.277 e. The van der Waals surface area contributed by atoms with Gasteiger partial charge < -0.3 is 14.5 Å². The van der Waals surface area contributed by atoms with Gasteiger partial charge in [-0.15, -0.1) is 0 Å². The van der Waals surface area contributed by atoms with Crippen molar-refractivity contribution in [2.24, 2.45) is 12.5 Å². The van der Waals surface area contributed by atoms with Crippen LogP contribution in [0.5, 0.6) is 0 Å². The zero-order valence-corrected chi connectivity index (χ0v) is 20.1. The van der Waals surface area contributed by atoms with E-state index in [2.05, 4.69) is 10.3 Å². The Labute approximate surface area is 204 Å². The molecule has 0 radical (unpaired) electrons. The Morgan fingerprint density at radius 2 is 1.78 bits per heavy atom. The number of aromatic nitrogens is 3. The Hall–Kier alpha value is -3.95. The monoisotopic (exact) mass is 500 g/mol. The summed E-state index contributed by atoms with van der Waals surface area (Å²) in [7, 11) is 1.56. The lowest BCUT2D eigenvalue weighted by Gasteiger charge is -2.35. The molecule has 0 amide bonds. The molecule has 3 aromatic rings. The fourth-order valence-corrected chi connectivity index (χ4v) is 4.07. The zero-order chi connectivity index (χ0) is 26.4.